The van der Waals surface area contributed by atoms with E-state index in [9.17, 15) is 4.79 Å². The van der Waals surface area contributed by atoms with Gasteiger partial charge in [-0.2, -0.15) is 0 Å². The Balaban J connectivity index is 1.91. The minimum Gasteiger partial charge on any atom is -0.459 e. The highest BCUT2D eigenvalue weighted by Gasteiger charge is 2.15. The standard InChI is InChI=1S/C20H23N3O2/c1-13(19-11-14-6-4-5-7-18(14)25-19)22-17-10-15(20(21)24)8-9-16(17)12-23(2)3/h4-11,13,22H,12H2,1-3H3,(H2,21,24)/t13-/m1/s1. The van der Waals surface area contributed by atoms with Gasteiger partial charge in [-0.1, -0.05) is 24.3 Å². The summed E-state index contributed by atoms with van der Waals surface area (Å²) >= 11 is 0. The monoisotopic (exact) mass is 337 g/mol. The van der Waals surface area contributed by atoms with Crippen molar-refractivity contribution >= 4 is 22.6 Å². The fourth-order valence-electron chi connectivity index (χ4n) is 2.86. The van der Waals surface area contributed by atoms with E-state index in [4.69, 9.17) is 10.2 Å². The minimum absolute atomic E-state index is 0.0450. The quantitative estimate of drug-likeness (QED) is 0.718. The second-order valence-electron chi connectivity index (χ2n) is 6.53. The molecule has 0 spiro atoms. The Morgan fingerprint density at radius 2 is 1.96 bits per heavy atom. The van der Waals surface area contributed by atoms with E-state index in [2.05, 4.69) is 10.2 Å². The molecule has 0 fully saturated rings. The highest BCUT2D eigenvalue weighted by atomic mass is 16.3. The number of nitrogens with zero attached hydrogens (tertiary/aromatic N) is 1. The van der Waals surface area contributed by atoms with Crippen molar-refractivity contribution in [1.82, 2.24) is 4.90 Å². The van der Waals surface area contributed by atoms with Gasteiger partial charge in [0, 0.05) is 23.2 Å². The number of benzene rings is 2. The number of rotatable bonds is 6. The number of nitrogens with one attached hydrogen (secondary N) is 1. The molecular weight excluding hydrogens is 314 g/mol. The van der Waals surface area contributed by atoms with Gasteiger partial charge in [0.1, 0.15) is 11.3 Å². The van der Waals surface area contributed by atoms with Crippen molar-refractivity contribution < 1.29 is 9.21 Å². The van der Waals surface area contributed by atoms with E-state index in [1.807, 2.05) is 57.4 Å². The van der Waals surface area contributed by atoms with Crippen molar-refractivity contribution in [2.24, 2.45) is 5.73 Å². The van der Waals surface area contributed by atoms with Crippen molar-refractivity contribution in [2.45, 2.75) is 19.5 Å². The van der Waals surface area contributed by atoms with Gasteiger partial charge < -0.3 is 20.4 Å². The number of anilines is 1. The second kappa shape index (κ2) is 6.99. The maximum atomic E-state index is 11.5. The van der Waals surface area contributed by atoms with Crippen LogP contribution in [0.4, 0.5) is 5.69 Å². The molecule has 0 radical (unpaired) electrons. The van der Waals surface area contributed by atoms with Crippen LogP contribution in [0.1, 0.15) is 34.6 Å². The lowest BCUT2D eigenvalue weighted by Crippen LogP contribution is -2.16. The van der Waals surface area contributed by atoms with E-state index >= 15 is 0 Å². The van der Waals surface area contributed by atoms with Crippen LogP contribution in [0, 0.1) is 0 Å². The lowest BCUT2D eigenvalue weighted by atomic mass is 10.1. The molecular formula is C20H23N3O2. The summed E-state index contributed by atoms with van der Waals surface area (Å²) in [4.78, 5) is 13.6. The van der Waals surface area contributed by atoms with Gasteiger partial charge in [-0.3, -0.25) is 4.79 Å². The molecule has 1 amide bonds. The van der Waals surface area contributed by atoms with Crippen LogP contribution >= 0.6 is 0 Å². The van der Waals surface area contributed by atoms with Crippen molar-refractivity contribution in [1.29, 1.82) is 0 Å². The van der Waals surface area contributed by atoms with Gasteiger partial charge in [-0.15, -0.1) is 0 Å². The Kier molecular flexibility index (Phi) is 4.76. The zero-order chi connectivity index (χ0) is 18.0. The van der Waals surface area contributed by atoms with Gasteiger partial charge in [0.2, 0.25) is 5.91 Å². The third kappa shape index (κ3) is 3.83. The van der Waals surface area contributed by atoms with Crippen LogP contribution in [-0.4, -0.2) is 24.9 Å². The molecule has 25 heavy (non-hydrogen) atoms. The van der Waals surface area contributed by atoms with Crippen molar-refractivity contribution in [2.75, 3.05) is 19.4 Å². The molecule has 5 heteroatoms. The first-order valence-electron chi connectivity index (χ1n) is 8.26. The van der Waals surface area contributed by atoms with Gasteiger partial charge in [0.05, 0.1) is 6.04 Å². The van der Waals surface area contributed by atoms with Gasteiger partial charge in [0.25, 0.3) is 0 Å². The molecule has 0 bridgehead atoms. The maximum absolute atomic E-state index is 11.5. The second-order valence-corrected chi connectivity index (χ2v) is 6.53. The minimum atomic E-state index is -0.434. The number of nitrogens with two attached hydrogens (primary N) is 1. The van der Waals surface area contributed by atoms with E-state index in [1.54, 1.807) is 12.1 Å². The average molecular weight is 337 g/mol. The fourth-order valence-corrected chi connectivity index (χ4v) is 2.86. The van der Waals surface area contributed by atoms with E-state index in [-0.39, 0.29) is 6.04 Å². The number of para-hydroxylation sites is 1. The first kappa shape index (κ1) is 17.0. The van der Waals surface area contributed by atoms with Crippen LogP contribution < -0.4 is 11.1 Å². The Hall–Kier alpha value is -2.79. The van der Waals surface area contributed by atoms with Gasteiger partial charge in [-0.05, 0) is 50.8 Å². The molecule has 130 valence electrons. The average Bonchev–Trinajstić information content (AvgIpc) is 3.00. The number of carbonyl (C=O) groups excluding carboxylic acids is 1. The topological polar surface area (TPSA) is 71.5 Å². The molecule has 3 aromatic rings. The van der Waals surface area contributed by atoms with Crippen LogP contribution in [-0.2, 0) is 6.54 Å². The SMILES string of the molecule is C[C@@H](Nc1cc(C(N)=O)ccc1CN(C)C)c1cc2ccccc2o1. The summed E-state index contributed by atoms with van der Waals surface area (Å²) in [6, 6.07) is 15.4. The number of fused-ring (bicyclic) bond motifs is 1. The number of amides is 1. The van der Waals surface area contributed by atoms with Crippen molar-refractivity contribution in [3.8, 4) is 0 Å². The molecule has 2 aromatic carbocycles. The Morgan fingerprint density at radius 1 is 1.20 bits per heavy atom. The Bertz CT molecular complexity index is 866. The number of carbonyl (C=O) groups is 1. The van der Waals surface area contributed by atoms with Crippen molar-refractivity contribution in [3.05, 3.63) is 65.4 Å². The molecule has 5 nitrogen and oxygen atoms in total. The fraction of sp³-hybridized carbons (Fsp3) is 0.250. The molecule has 0 aliphatic heterocycles. The third-order valence-corrected chi connectivity index (χ3v) is 4.12. The number of furan rings is 1. The smallest absolute Gasteiger partial charge is 0.248 e. The summed E-state index contributed by atoms with van der Waals surface area (Å²) in [6.45, 7) is 2.79. The lowest BCUT2D eigenvalue weighted by Gasteiger charge is -2.19. The summed E-state index contributed by atoms with van der Waals surface area (Å²) in [5.74, 6) is 0.414. The first-order valence-corrected chi connectivity index (χ1v) is 8.26. The molecule has 1 atom stereocenters. The molecule has 1 aromatic heterocycles. The van der Waals surface area contributed by atoms with Crippen LogP contribution in [0.15, 0.2) is 52.9 Å². The van der Waals surface area contributed by atoms with E-state index in [0.717, 1.165) is 34.5 Å². The molecule has 0 saturated carbocycles. The maximum Gasteiger partial charge on any atom is 0.248 e. The zero-order valence-electron chi connectivity index (χ0n) is 14.7. The molecule has 0 aliphatic rings. The number of primary amides is 1. The van der Waals surface area contributed by atoms with Crippen LogP contribution in [0.2, 0.25) is 0 Å². The Morgan fingerprint density at radius 3 is 2.64 bits per heavy atom. The lowest BCUT2D eigenvalue weighted by molar-refractivity contribution is 0.100. The van der Waals surface area contributed by atoms with E-state index < -0.39 is 5.91 Å². The van der Waals surface area contributed by atoms with Crippen molar-refractivity contribution in [3.63, 3.8) is 0 Å². The zero-order valence-corrected chi connectivity index (χ0v) is 14.7. The first-order chi connectivity index (χ1) is 11.9. The summed E-state index contributed by atoms with van der Waals surface area (Å²) < 4.78 is 5.94. The largest absolute Gasteiger partial charge is 0.459 e. The molecule has 1 heterocycles. The predicted molar refractivity (Wildman–Crippen MR) is 101 cm³/mol. The molecule has 0 saturated heterocycles. The van der Waals surface area contributed by atoms with Gasteiger partial charge >= 0.3 is 0 Å². The number of hydrogen-bond donors (Lipinski definition) is 2. The van der Waals surface area contributed by atoms with Gasteiger partial charge in [-0.25, -0.2) is 0 Å². The molecule has 0 aliphatic carbocycles. The molecule has 0 unspecified atom stereocenters. The van der Waals surface area contributed by atoms with Crippen LogP contribution in [0.5, 0.6) is 0 Å². The highest BCUT2D eigenvalue weighted by molar-refractivity contribution is 5.94. The van der Waals surface area contributed by atoms with Crippen LogP contribution in [0.25, 0.3) is 11.0 Å². The number of hydrogen-bond acceptors (Lipinski definition) is 4. The summed E-state index contributed by atoms with van der Waals surface area (Å²) in [7, 11) is 4.02. The molecule has 3 N–H and O–H groups in total. The Labute approximate surface area is 147 Å². The van der Waals surface area contributed by atoms with Crippen LogP contribution in [0.3, 0.4) is 0 Å². The summed E-state index contributed by atoms with van der Waals surface area (Å²) in [5.41, 5.74) is 8.77. The highest BCUT2D eigenvalue weighted by Crippen LogP contribution is 2.28. The summed E-state index contributed by atoms with van der Waals surface area (Å²) in [6.07, 6.45) is 0. The van der Waals surface area contributed by atoms with E-state index in [0.29, 0.717) is 5.56 Å². The predicted octanol–water partition coefficient (Wildman–Crippen LogP) is 3.77. The molecule has 3 rings (SSSR count). The normalized spacial score (nSPS) is 12.5. The van der Waals surface area contributed by atoms with Gasteiger partial charge in [0.15, 0.2) is 0 Å². The third-order valence-electron chi connectivity index (χ3n) is 4.12. The summed E-state index contributed by atoms with van der Waals surface area (Å²) in [5, 5.41) is 4.53. The van der Waals surface area contributed by atoms with E-state index in [1.165, 1.54) is 0 Å².